The number of hydrogen-bond donors (Lipinski definition) is 1. The number of ether oxygens (including phenoxy) is 2. The van der Waals surface area contributed by atoms with Crippen LogP contribution in [0.1, 0.15) is 124 Å². The lowest BCUT2D eigenvalue weighted by atomic mass is 10.0. The zero-order valence-electron chi connectivity index (χ0n) is 19.4. The molecule has 5 heteroatoms. The number of rotatable bonds is 20. The van der Waals surface area contributed by atoms with E-state index in [-0.39, 0.29) is 5.97 Å². The minimum absolute atomic E-state index is 0.290. The van der Waals surface area contributed by atoms with E-state index in [4.69, 9.17) is 9.47 Å². The van der Waals surface area contributed by atoms with Gasteiger partial charge in [0.2, 0.25) is 0 Å². The van der Waals surface area contributed by atoms with E-state index < -0.39 is 12.1 Å². The Bertz CT molecular complexity index is 387. The van der Waals surface area contributed by atoms with Gasteiger partial charge in [0, 0.05) is 0 Å². The molecule has 0 bridgehead atoms. The highest BCUT2D eigenvalue weighted by Gasteiger charge is 2.21. The van der Waals surface area contributed by atoms with Crippen molar-refractivity contribution in [2.45, 2.75) is 130 Å². The molecule has 5 nitrogen and oxygen atoms in total. The Kier molecular flexibility index (Phi) is 20.5. The number of nitrogens with one attached hydrogen (secondary N) is 1. The Morgan fingerprint density at radius 3 is 1.59 bits per heavy atom. The van der Waals surface area contributed by atoms with Crippen molar-refractivity contribution >= 4 is 12.1 Å². The second-order valence-electron chi connectivity index (χ2n) is 7.97. The molecule has 0 spiro atoms. The van der Waals surface area contributed by atoms with Gasteiger partial charge in [-0.15, -0.1) is 0 Å². The third kappa shape index (κ3) is 18.5. The van der Waals surface area contributed by atoms with Crippen LogP contribution in [0, 0.1) is 0 Å². The second-order valence-corrected chi connectivity index (χ2v) is 7.97. The standard InChI is InChI=1S/C24H47NO4/c1-4-7-8-9-10-11-12-13-14-15-16-17-18-19-21-29-23(26)22(20-5-2)25-24(27)28-6-3/h22H,4-21H2,1-3H3,(H,25,27). The molecule has 1 atom stereocenters. The Balaban J connectivity index is 3.51. The zero-order valence-corrected chi connectivity index (χ0v) is 19.4. The molecule has 0 aromatic heterocycles. The van der Waals surface area contributed by atoms with Crippen LogP contribution < -0.4 is 5.32 Å². The van der Waals surface area contributed by atoms with Crippen molar-refractivity contribution in [3.63, 3.8) is 0 Å². The van der Waals surface area contributed by atoms with Crippen LogP contribution in [0.25, 0.3) is 0 Å². The molecule has 29 heavy (non-hydrogen) atoms. The van der Waals surface area contributed by atoms with Crippen molar-refractivity contribution in [1.82, 2.24) is 5.32 Å². The van der Waals surface area contributed by atoms with Gasteiger partial charge in [0.05, 0.1) is 13.2 Å². The first-order valence-corrected chi connectivity index (χ1v) is 12.3. The number of alkyl carbamates (subject to hydrolysis) is 1. The van der Waals surface area contributed by atoms with Crippen molar-refractivity contribution in [1.29, 1.82) is 0 Å². The van der Waals surface area contributed by atoms with Crippen molar-refractivity contribution in [3.8, 4) is 0 Å². The Labute approximate surface area is 179 Å². The topological polar surface area (TPSA) is 64.6 Å². The number of hydrogen-bond acceptors (Lipinski definition) is 4. The van der Waals surface area contributed by atoms with Gasteiger partial charge in [-0.2, -0.15) is 0 Å². The van der Waals surface area contributed by atoms with Gasteiger partial charge < -0.3 is 14.8 Å². The quantitative estimate of drug-likeness (QED) is 0.174. The summed E-state index contributed by atoms with van der Waals surface area (Å²) in [5.41, 5.74) is 0. The average molecular weight is 414 g/mol. The van der Waals surface area contributed by atoms with E-state index in [0.29, 0.717) is 19.6 Å². The molecule has 1 N–H and O–H groups in total. The minimum Gasteiger partial charge on any atom is -0.464 e. The van der Waals surface area contributed by atoms with Crippen LogP contribution in [0.5, 0.6) is 0 Å². The van der Waals surface area contributed by atoms with Gasteiger partial charge in [0.25, 0.3) is 0 Å². The molecule has 0 aliphatic carbocycles. The van der Waals surface area contributed by atoms with E-state index in [1.807, 2.05) is 6.92 Å². The second kappa shape index (κ2) is 21.4. The molecule has 1 unspecified atom stereocenters. The van der Waals surface area contributed by atoms with E-state index in [0.717, 1.165) is 19.3 Å². The lowest BCUT2D eigenvalue weighted by Crippen LogP contribution is -2.42. The van der Waals surface area contributed by atoms with E-state index in [2.05, 4.69) is 12.2 Å². The molecular formula is C24H47NO4. The van der Waals surface area contributed by atoms with Gasteiger partial charge in [-0.3, -0.25) is 0 Å². The molecule has 0 aromatic carbocycles. The maximum Gasteiger partial charge on any atom is 0.407 e. The average Bonchev–Trinajstić information content (AvgIpc) is 2.70. The van der Waals surface area contributed by atoms with E-state index in [9.17, 15) is 9.59 Å². The molecule has 0 saturated carbocycles. The van der Waals surface area contributed by atoms with Crippen LogP contribution in [0.2, 0.25) is 0 Å². The number of unbranched alkanes of at least 4 members (excludes halogenated alkanes) is 13. The minimum atomic E-state index is -0.606. The third-order valence-electron chi connectivity index (χ3n) is 5.17. The summed E-state index contributed by atoms with van der Waals surface area (Å²) in [7, 11) is 0. The van der Waals surface area contributed by atoms with Crippen LogP contribution in [0.15, 0.2) is 0 Å². The lowest BCUT2D eigenvalue weighted by molar-refractivity contribution is -0.146. The molecule has 172 valence electrons. The third-order valence-corrected chi connectivity index (χ3v) is 5.17. The maximum atomic E-state index is 12.1. The van der Waals surface area contributed by atoms with Gasteiger partial charge in [-0.05, 0) is 19.8 Å². The largest absolute Gasteiger partial charge is 0.464 e. The summed E-state index contributed by atoms with van der Waals surface area (Å²) < 4.78 is 10.2. The molecule has 0 fully saturated rings. The predicted molar refractivity (Wildman–Crippen MR) is 120 cm³/mol. The van der Waals surface area contributed by atoms with Gasteiger partial charge in [-0.1, -0.05) is 104 Å². The first-order valence-electron chi connectivity index (χ1n) is 12.3. The van der Waals surface area contributed by atoms with Gasteiger partial charge >= 0.3 is 12.1 Å². The fraction of sp³-hybridized carbons (Fsp3) is 0.917. The Morgan fingerprint density at radius 2 is 1.14 bits per heavy atom. The highest BCUT2D eigenvalue weighted by Crippen LogP contribution is 2.13. The number of esters is 1. The summed E-state index contributed by atoms with van der Waals surface area (Å²) in [6.07, 6.45) is 19.0. The van der Waals surface area contributed by atoms with E-state index >= 15 is 0 Å². The zero-order chi connectivity index (χ0) is 21.6. The SMILES string of the molecule is CCCCCCCCCCCCCCCCOC(=O)C(CCC)NC(=O)OCC. The summed E-state index contributed by atoms with van der Waals surface area (Å²) in [6, 6.07) is -0.606. The van der Waals surface area contributed by atoms with Crippen molar-refractivity contribution in [3.05, 3.63) is 0 Å². The first kappa shape index (κ1) is 27.7. The summed E-state index contributed by atoms with van der Waals surface area (Å²) >= 11 is 0. The maximum absolute atomic E-state index is 12.1. The monoisotopic (exact) mass is 413 g/mol. The predicted octanol–water partition coefficient (Wildman–Crippen LogP) is 6.93. The summed E-state index contributed by atoms with van der Waals surface area (Å²) in [5, 5.41) is 2.59. The Hall–Kier alpha value is -1.26. The molecule has 0 aliphatic heterocycles. The van der Waals surface area contributed by atoms with Crippen molar-refractivity contribution in [2.75, 3.05) is 13.2 Å². The normalized spacial score (nSPS) is 11.8. The molecule has 0 heterocycles. The van der Waals surface area contributed by atoms with Crippen molar-refractivity contribution < 1.29 is 19.1 Å². The Morgan fingerprint density at radius 1 is 0.655 bits per heavy atom. The molecule has 0 aromatic rings. The van der Waals surface area contributed by atoms with Crippen molar-refractivity contribution in [2.24, 2.45) is 0 Å². The van der Waals surface area contributed by atoms with Gasteiger partial charge in [0.1, 0.15) is 6.04 Å². The summed E-state index contributed by atoms with van der Waals surface area (Å²) in [4.78, 5) is 23.6. The number of carbonyl (C=O) groups is 2. The highest BCUT2D eigenvalue weighted by atomic mass is 16.6. The number of carbonyl (C=O) groups excluding carboxylic acids is 2. The van der Waals surface area contributed by atoms with Gasteiger partial charge in [0.15, 0.2) is 0 Å². The first-order chi connectivity index (χ1) is 14.2. The smallest absolute Gasteiger partial charge is 0.407 e. The van der Waals surface area contributed by atoms with Crippen LogP contribution in [-0.2, 0) is 14.3 Å². The molecule has 1 amide bonds. The summed E-state index contributed by atoms with van der Waals surface area (Å²) in [5.74, 6) is -0.352. The van der Waals surface area contributed by atoms with Gasteiger partial charge in [-0.25, -0.2) is 9.59 Å². The number of amides is 1. The molecule has 0 saturated heterocycles. The molecule has 0 rings (SSSR count). The van der Waals surface area contributed by atoms with E-state index in [1.165, 1.54) is 77.0 Å². The summed E-state index contributed by atoms with van der Waals surface area (Å²) in [6.45, 7) is 6.70. The van der Waals surface area contributed by atoms with Crippen LogP contribution in [-0.4, -0.2) is 31.3 Å². The highest BCUT2D eigenvalue weighted by molar-refractivity contribution is 5.81. The molecular weight excluding hydrogens is 366 g/mol. The van der Waals surface area contributed by atoms with Crippen LogP contribution >= 0.6 is 0 Å². The fourth-order valence-electron chi connectivity index (χ4n) is 3.42. The van der Waals surface area contributed by atoms with Crippen LogP contribution in [0.4, 0.5) is 4.79 Å². The van der Waals surface area contributed by atoms with Crippen LogP contribution in [0.3, 0.4) is 0 Å². The molecule has 0 radical (unpaired) electrons. The fourth-order valence-corrected chi connectivity index (χ4v) is 3.42. The lowest BCUT2D eigenvalue weighted by Gasteiger charge is -2.16. The molecule has 0 aliphatic rings. The van der Waals surface area contributed by atoms with E-state index in [1.54, 1.807) is 6.92 Å².